The highest BCUT2D eigenvalue weighted by Gasteiger charge is 2.51. The average Bonchev–Trinajstić information content (AvgIpc) is 3.23. The average molecular weight is 319 g/mol. The van der Waals surface area contributed by atoms with Crippen LogP contribution in [0.5, 0.6) is 0 Å². The van der Waals surface area contributed by atoms with E-state index in [0.29, 0.717) is 29.9 Å². The molecule has 0 unspecified atom stereocenters. The molecule has 0 spiro atoms. The Morgan fingerprint density at radius 2 is 1.83 bits per heavy atom. The Bertz CT molecular complexity index is 861. The molecular formula is C19H17N3O2. The normalized spacial score (nSPS) is 19.5. The molecule has 1 aliphatic rings. The van der Waals surface area contributed by atoms with Crippen molar-refractivity contribution in [1.29, 1.82) is 0 Å². The summed E-state index contributed by atoms with van der Waals surface area (Å²) in [6, 6.07) is 17.1. The van der Waals surface area contributed by atoms with Gasteiger partial charge in [-0.05, 0) is 18.1 Å². The first-order chi connectivity index (χ1) is 11.7. The Hall–Kier alpha value is -2.92. The highest BCUT2D eigenvalue weighted by atomic mass is 16.3. The van der Waals surface area contributed by atoms with Gasteiger partial charge in [0.05, 0.1) is 0 Å². The molecule has 24 heavy (non-hydrogen) atoms. The zero-order valence-corrected chi connectivity index (χ0v) is 13.0. The highest BCUT2D eigenvalue weighted by Crippen LogP contribution is 2.40. The summed E-state index contributed by atoms with van der Waals surface area (Å²) in [5, 5.41) is 11.4. The van der Waals surface area contributed by atoms with Crippen LogP contribution in [0.2, 0.25) is 0 Å². The standard InChI is InChI=1S/C19H17N3O2/c23-17-15-8-4-5-9-16(15)19(24,18-20-11-12-21-18)22(17)13-10-14-6-2-1-3-7-14/h1-9,11-12,24H,10,13H2,(H,20,21)/t19-/m1/s1. The topological polar surface area (TPSA) is 69.2 Å². The van der Waals surface area contributed by atoms with E-state index >= 15 is 0 Å². The Morgan fingerprint density at radius 1 is 1.08 bits per heavy atom. The van der Waals surface area contributed by atoms with E-state index in [0.717, 1.165) is 5.56 Å². The van der Waals surface area contributed by atoms with Crippen molar-refractivity contribution in [3.63, 3.8) is 0 Å². The lowest BCUT2D eigenvalue weighted by Crippen LogP contribution is -2.46. The molecule has 120 valence electrons. The van der Waals surface area contributed by atoms with Gasteiger partial charge < -0.3 is 10.1 Å². The van der Waals surface area contributed by atoms with Crippen LogP contribution in [0.1, 0.15) is 27.3 Å². The predicted molar refractivity (Wildman–Crippen MR) is 89.2 cm³/mol. The van der Waals surface area contributed by atoms with Crippen molar-refractivity contribution in [2.24, 2.45) is 0 Å². The molecule has 0 fully saturated rings. The van der Waals surface area contributed by atoms with E-state index in [9.17, 15) is 9.90 Å². The number of rotatable bonds is 4. The molecule has 1 aliphatic heterocycles. The summed E-state index contributed by atoms with van der Waals surface area (Å²) >= 11 is 0. The van der Waals surface area contributed by atoms with Gasteiger partial charge in [-0.25, -0.2) is 4.98 Å². The van der Waals surface area contributed by atoms with Crippen LogP contribution >= 0.6 is 0 Å². The molecule has 2 N–H and O–H groups in total. The number of carbonyl (C=O) groups is 1. The van der Waals surface area contributed by atoms with Gasteiger partial charge in [0.2, 0.25) is 5.72 Å². The minimum atomic E-state index is -1.56. The molecule has 2 aromatic carbocycles. The van der Waals surface area contributed by atoms with Crippen molar-refractivity contribution in [3.05, 3.63) is 89.5 Å². The third-order valence-electron chi connectivity index (χ3n) is 4.46. The van der Waals surface area contributed by atoms with Crippen LogP contribution in [0.25, 0.3) is 0 Å². The minimum Gasteiger partial charge on any atom is -0.361 e. The van der Waals surface area contributed by atoms with Gasteiger partial charge in [0.25, 0.3) is 5.91 Å². The van der Waals surface area contributed by atoms with Crippen LogP contribution in [0.15, 0.2) is 67.0 Å². The molecule has 3 aromatic rings. The summed E-state index contributed by atoms with van der Waals surface area (Å²) in [5.74, 6) is 0.175. The molecule has 0 aliphatic carbocycles. The fourth-order valence-corrected chi connectivity index (χ4v) is 3.27. The number of aromatic nitrogens is 2. The van der Waals surface area contributed by atoms with Gasteiger partial charge in [0.1, 0.15) is 0 Å². The second kappa shape index (κ2) is 5.62. The number of aromatic amines is 1. The van der Waals surface area contributed by atoms with Gasteiger partial charge in [-0.2, -0.15) is 0 Å². The van der Waals surface area contributed by atoms with Gasteiger partial charge >= 0.3 is 0 Å². The Morgan fingerprint density at radius 3 is 2.58 bits per heavy atom. The zero-order valence-electron chi connectivity index (χ0n) is 13.0. The van der Waals surface area contributed by atoms with E-state index in [2.05, 4.69) is 9.97 Å². The number of fused-ring (bicyclic) bond motifs is 1. The largest absolute Gasteiger partial charge is 0.361 e. The van der Waals surface area contributed by atoms with Crippen LogP contribution in [0, 0.1) is 0 Å². The molecule has 5 heteroatoms. The van der Waals surface area contributed by atoms with Gasteiger partial charge in [0, 0.05) is 30.1 Å². The molecule has 2 heterocycles. The summed E-state index contributed by atoms with van der Waals surface area (Å²) in [7, 11) is 0. The van der Waals surface area contributed by atoms with Crippen molar-refractivity contribution >= 4 is 5.91 Å². The SMILES string of the molecule is O=C1c2ccccc2[C@@](O)(c2ncc[nH]2)N1CCc1ccccc1. The van der Waals surface area contributed by atoms with Crippen molar-refractivity contribution < 1.29 is 9.90 Å². The predicted octanol–water partition coefficient (Wildman–Crippen LogP) is 2.30. The quantitative estimate of drug-likeness (QED) is 0.775. The molecule has 5 nitrogen and oxygen atoms in total. The number of amides is 1. The number of H-pyrrole nitrogens is 1. The number of hydrogen-bond donors (Lipinski definition) is 2. The van der Waals surface area contributed by atoms with Crippen LogP contribution in [0.4, 0.5) is 0 Å². The molecule has 4 rings (SSSR count). The summed E-state index contributed by atoms with van der Waals surface area (Å²) < 4.78 is 0. The molecule has 1 amide bonds. The second-order valence-electron chi connectivity index (χ2n) is 5.85. The molecule has 0 saturated heterocycles. The van der Waals surface area contributed by atoms with Crippen LogP contribution in [-0.2, 0) is 12.1 Å². The highest BCUT2D eigenvalue weighted by molar-refractivity contribution is 6.00. The maximum absolute atomic E-state index is 12.9. The van der Waals surface area contributed by atoms with Gasteiger partial charge in [-0.15, -0.1) is 0 Å². The van der Waals surface area contributed by atoms with E-state index in [-0.39, 0.29) is 5.91 Å². The van der Waals surface area contributed by atoms with Crippen LogP contribution < -0.4 is 0 Å². The fourth-order valence-electron chi connectivity index (χ4n) is 3.27. The number of benzene rings is 2. The van der Waals surface area contributed by atoms with Crippen molar-refractivity contribution in [3.8, 4) is 0 Å². The summed E-state index contributed by atoms with van der Waals surface area (Å²) in [6.45, 7) is 0.398. The second-order valence-corrected chi connectivity index (χ2v) is 5.85. The lowest BCUT2D eigenvalue weighted by Gasteiger charge is -2.32. The van der Waals surface area contributed by atoms with E-state index in [1.807, 2.05) is 36.4 Å². The van der Waals surface area contributed by atoms with Crippen molar-refractivity contribution in [1.82, 2.24) is 14.9 Å². The van der Waals surface area contributed by atoms with E-state index in [1.54, 1.807) is 30.6 Å². The summed E-state index contributed by atoms with van der Waals surface area (Å²) in [6.07, 6.45) is 3.88. The lowest BCUT2D eigenvalue weighted by atomic mass is 10.0. The maximum atomic E-state index is 12.9. The molecule has 0 radical (unpaired) electrons. The van der Waals surface area contributed by atoms with E-state index in [4.69, 9.17) is 0 Å². The number of carbonyl (C=O) groups excluding carboxylic acids is 1. The first-order valence-electron chi connectivity index (χ1n) is 7.89. The van der Waals surface area contributed by atoms with E-state index in [1.165, 1.54) is 4.90 Å². The smallest absolute Gasteiger partial charge is 0.257 e. The van der Waals surface area contributed by atoms with Crippen LogP contribution in [0.3, 0.4) is 0 Å². The lowest BCUT2D eigenvalue weighted by molar-refractivity contribution is -0.0553. The number of aliphatic hydroxyl groups is 1. The third kappa shape index (κ3) is 2.13. The first-order valence-corrected chi connectivity index (χ1v) is 7.89. The number of imidazole rings is 1. The van der Waals surface area contributed by atoms with Gasteiger partial charge in [-0.3, -0.25) is 9.69 Å². The number of nitrogens with zero attached hydrogens (tertiary/aromatic N) is 2. The molecule has 1 aromatic heterocycles. The molecule has 1 atom stereocenters. The molecule has 0 bridgehead atoms. The summed E-state index contributed by atoms with van der Waals surface area (Å²) in [5.41, 5.74) is 0.636. The zero-order chi connectivity index (χ0) is 16.6. The maximum Gasteiger partial charge on any atom is 0.257 e. The molecule has 0 saturated carbocycles. The number of hydrogen-bond acceptors (Lipinski definition) is 3. The van der Waals surface area contributed by atoms with Gasteiger partial charge in [0.15, 0.2) is 5.82 Å². The Labute approximate surface area is 139 Å². The van der Waals surface area contributed by atoms with E-state index < -0.39 is 5.72 Å². The Balaban J connectivity index is 1.73. The van der Waals surface area contributed by atoms with Crippen LogP contribution in [-0.4, -0.2) is 32.4 Å². The Kier molecular flexibility index (Phi) is 3.43. The van der Waals surface area contributed by atoms with Gasteiger partial charge in [-0.1, -0.05) is 48.5 Å². The minimum absolute atomic E-state index is 0.180. The first kappa shape index (κ1) is 14.7. The van der Waals surface area contributed by atoms with Crippen molar-refractivity contribution in [2.45, 2.75) is 12.1 Å². The summed E-state index contributed by atoms with van der Waals surface area (Å²) in [4.78, 5) is 21.5. The third-order valence-corrected chi connectivity index (χ3v) is 4.46. The number of nitrogens with one attached hydrogen (secondary N) is 1. The van der Waals surface area contributed by atoms with Crippen molar-refractivity contribution in [2.75, 3.05) is 6.54 Å². The molecular weight excluding hydrogens is 302 g/mol. The fraction of sp³-hybridized carbons (Fsp3) is 0.158. The monoisotopic (exact) mass is 319 g/mol.